The van der Waals surface area contributed by atoms with Crippen molar-refractivity contribution in [2.45, 2.75) is 20.4 Å². The number of amides is 1. The lowest BCUT2D eigenvalue weighted by Gasteiger charge is -2.04. The molecule has 0 aliphatic heterocycles. The van der Waals surface area contributed by atoms with Crippen molar-refractivity contribution in [3.63, 3.8) is 0 Å². The molecule has 1 N–H and O–H groups in total. The Morgan fingerprint density at radius 3 is 2.53 bits per heavy atom. The second kappa shape index (κ2) is 5.29. The fourth-order valence-electron chi connectivity index (χ4n) is 1.06. The van der Waals surface area contributed by atoms with Crippen LogP contribution >= 0.6 is 0 Å². The normalized spacial score (nSPS) is 11.3. The van der Waals surface area contributed by atoms with E-state index in [4.69, 9.17) is 0 Å². The Morgan fingerprint density at radius 2 is 2.00 bits per heavy atom. The van der Waals surface area contributed by atoms with Crippen molar-refractivity contribution >= 4 is 5.91 Å². The smallest absolute Gasteiger partial charge is 0.246 e. The Bertz CT molecular complexity index is 368. The second-order valence-corrected chi connectivity index (χ2v) is 3.28. The lowest BCUT2D eigenvalue weighted by molar-refractivity contribution is -0.117. The van der Waals surface area contributed by atoms with E-state index in [0.717, 1.165) is 5.56 Å². The van der Waals surface area contributed by atoms with Gasteiger partial charge in [0.05, 0.1) is 0 Å². The first-order chi connectivity index (χ1) is 7.13. The van der Waals surface area contributed by atoms with Gasteiger partial charge in [-0.05, 0) is 31.5 Å². The number of benzene rings is 1. The van der Waals surface area contributed by atoms with E-state index >= 15 is 0 Å². The number of hydrogen-bond acceptors (Lipinski definition) is 1. The van der Waals surface area contributed by atoms with Crippen LogP contribution in [0, 0.1) is 5.82 Å². The van der Waals surface area contributed by atoms with Crippen molar-refractivity contribution < 1.29 is 9.18 Å². The molecule has 1 aromatic carbocycles. The molecule has 0 fully saturated rings. The summed E-state index contributed by atoms with van der Waals surface area (Å²) in [6.45, 7) is 3.98. The maximum absolute atomic E-state index is 12.6. The minimum absolute atomic E-state index is 0.0955. The number of nitrogens with one attached hydrogen (secondary N) is 1. The maximum Gasteiger partial charge on any atom is 0.246 e. The Labute approximate surface area is 88.8 Å². The molecule has 0 unspecified atom stereocenters. The van der Waals surface area contributed by atoms with Gasteiger partial charge in [-0.15, -0.1) is 0 Å². The molecule has 1 rings (SSSR count). The van der Waals surface area contributed by atoms with Crippen LogP contribution in [0.3, 0.4) is 0 Å². The van der Waals surface area contributed by atoms with Crippen LogP contribution in [-0.4, -0.2) is 5.91 Å². The highest BCUT2D eigenvalue weighted by atomic mass is 19.1. The Kier molecular flexibility index (Phi) is 4.03. The Hall–Kier alpha value is -1.64. The molecule has 0 aromatic heterocycles. The summed E-state index contributed by atoms with van der Waals surface area (Å²) < 4.78 is 12.6. The molecule has 0 aliphatic carbocycles. The highest BCUT2D eigenvalue weighted by Gasteiger charge is 2.02. The largest absolute Gasteiger partial charge is 0.348 e. The maximum atomic E-state index is 12.6. The van der Waals surface area contributed by atoms with E-state index in [1.807, 2.05) is 6.92 Å². The zero-order chi connectivity index (χ0) is 11.3. The van der Waals surface area contributed by atoms with Gasteiger partial charge in [0.15, 0.2) is 0 Å². The molecule has 15 heavy (non-hydrogen) atoms. The number of carbonyl (C=O) groups excluding carboxylic acids is 1. The van der Waals surface area contributed by atoms with Gasteiger partial charge in [0, 0.05) is 12.1 Å². The van der Waals surface area contributed by atoms with Crippen LogP contribution < -0.4 is 5.32 Å². The van der Waals surface area contributed by atoms with E-state index in [2.05, 4.69) is 5.32 Å². The van der Waals surface area contributed by atoms with E-state index < -0.39 is 0 Å². The van der Waals surface area contributed by atoms with Crippen molar-refractivity contribution in [1.29, 1.82) is 0 Å². The third-order valence-electron chi connectivity index (χ3n) is 2.16. The van der Waals surface area contributed by atoms with Crippen LogP contribution in [-0.2, 0) is 11.3 Å². The fraction of sp³-hybridized carbons (Fsp3) is 0.250. The molecule has 0 heterocycles. The van der Waals surface area contributed by atoms with E-state index in [0.29, 0.717) is 12.1 Å². The number of rotatable bonds is 3. The SMILES string of the molecule is C/C=C(\C)C(=O)NCc1ccc(F)cc1. The topological polar surface area (TPSA) is 29.1 Å². The Morgan fingerprint density at radius 1 is 1.40 bits per heavy atom. The van der Waals surface area contributed by atoms with E-state index in [1.54, 1.807) is 25.1 Å². The van der Waals surface area contributed by atoms with Crippen molar-refractivity contribution in [3.8, 4) is 0 Å². The molecule has 80 valence electrons. The molecule has 2 nitrogen and oxygen atoms in total. The molecule has 0 saturated carbocycles. The highest BCUT2D eigenvalue weighted by Crippen LogP contribution is 2.02. The van der Waals surface area contributed by atoms with E-state index in [1.165, 1.54) is 12.1 Å². The van der Waals surface area contributed by atoms with Crippen LogP contribution in [0.2, 0.25) is 0 Å². The summed E-state index contributed by atoms with van der Waals surface area (Å²) in [5, 5.41) is 2.74. The third-order valence-corrected chi connectivity index (χ3v) is 2.16. The lowest BCUT2D eigenvalue weighted by Crippen LogP contribution is -2.23. The minimum atomic E-state index is -0.269. The highest BCUT2D eigenvalue weighted by molar-refractivity contribution is 5.92. The number of hydrogen-bond donors (Lipinski definition) is 1. The average molecular weight is 207 g/mol. The van der Waals surface area contributed by atoms with Gasteiger partial charge in [-0.1, -0.05) is 18.2 Å². The summed E-state index contributed by atoms with van der Waals surface area (Å²) in [6, 6.07) is 6.06. The fourth-order valence-corrected chi connectivity index (χ4v) is 1.06. The lowest BCUT2D eigenvalue weighted by atomic mass is 10.2. The van der Waals surface area contributed by atoms with Crippen LogP contribution in [0.25, 0.3) is 0 Å². The zero-order valence-corrected chi connectivity index (χ0v) is 8.88. The predicted octanol–water partition coefficient (Wildman–Crippen LogP) is 2.41. The number of carbonyl (C=O) groups is 1. The van der Waals surface area contributed by atoms with Crippen molar-refractivity contribution in [2.75, 3.05) is 0 Å². The summed E-state index contributed by atoms with van der Waals surface area (Å²) in [4.78, 5) is 11.4. The van der Waals surface area contributed by atoms with Crippen molar-refractivity contribution in [2.24, 2.45) is 0 Å². The first-order valence-electron chi connectivity index (χ1n) is 4.79. The quantitative estimate of drug-likeness (QED) is 0.758. The Balaban J connectivity index is 2.51. The van der Waals surface area contributed by atoms with Gasteiger partial charge in [0.2, 0.25) is 5.91 Å². The molecule has 3 heteroatoms. The second-order valence-electron chi connectivity index (χ2n) is 3.28. The molecule has 0 saturated heterocycles. The molecule has 1 amide bonds. The van der Waals surface area contributed by atoms with Crippen LogP contribution in [0.5, 0.6) is 0 Å². The molecule has 1 aromatic rings. The minimum Gasteiger partial charge on any atom is -0.348 e. The third kappa shape index (κ3) is 3.54. The first-order valence-corrected chi connectivity index (χ1v) is 4.79. The summed E-state index contributed by atoms with van der Waals surface area (Å²) in [5.41, 5.74) is 1.56. The molecular formula is C12H14FNO. The van der Waals surface area contributed by atoms with Gasteiger partial charge < -0.3 is 5.32 Å². The molecule has 0 spiro atoms. The molecule has 0 bridgehead atoms. The van der Waals surface area contributed by atoms with Gasteiger partial charge in [0.25, 0.3) is 0 Å². The number of halogens is 1. The average Bonchev–Trinajstić information content (AvgIpc) is 2.26. The van der Waals surface area contributed by atoms with Gasteiger partial charge in [-0.25, -0.2) is 4.39 Å². The van der Waals surface area contributed by atoms with Crippen LogP contribution in [0.15, 0.2) is 35.9 Å². The molecule has 0 atom stereocenters. The van der Waals surface area contributed by atoms with Gasteiger partial charge in [-0.3, -0.25) is 4.79 Å². The zero-order valence-electron chi connectivity index (χ0n) is 8.88. The summed E-state index contributed by atoms with van der Waals surface area (Å²) in [6.07, 6.45) is 1.75. The van der Waals surface area contributed by atoms with Gasteiger partial charge in [-0.2, -0.15) is 0 Å². The van der Waals surface area contributed by atoms with Gasteiger partial charge in [0.1, 0.15) is 5.82 Å². The number of allylic oxidation sites excluding steroid dienone is 1. The monoisotopic (exact) mass is 207 g/mol. The first kappa shape index (κ1) is 11.4. The summed E-state index contributed by atoms with van der Waals surface area (Å²) >= 11 is 0. The molecule has 0 radical (unpaired) electrons. The van der Waals surface area contributed by atoms with E-state index in [-0.39, 0.29) is 11.7 Å². The van der Waals surface area contributed by atoms with Crippen molar-refractivity contribution in [3.05, 3.63) is 47.3 Å². The predicted molar refractivity (Wildman–Crippen MR) is 57.7 cm³/mol. The standard InChI is InChI=1S/C12H14FNO/c1-3-9(2)12(15)14-8-10-4-6-11(13)7-5-10/h3-7H,8H2,1-2H3,(H,14,15)/b9-3+. The van der Waals surface area contributed by atoms with Gasteiger partial charge >= 0.3 is 0 Å². The molecular weight excluding hydrogens is 193 g/mol. The van der Waals surface area contributed by atoms with Crippen LogP contribution in [0.4, 0.5) is 4.39 Å². The summed E-state index contributed by atoms with van der Waals surface area (Å²) in [7, 11) is 0. The summed E-state index contributed by atoms with van der Waals surface area (Å²) in [5.74, 6) is -0.364. The van der Waals surface area contributed by atoms with E-state index in [9.17, 15) is 9.18 Å². The van der Waals surface area contributed by atoms with Crippen molar-refractivity contribution in [1.82, 2.24) is 5.32 Å². The molecule has 0 aliphatic rings. The van der Waals surface area contributed by atoms with Crippen LogP contribution in [0.1, 0.15) is 19.4 Å².